The van der Waals surface area contributed by atoms with Gasteiger partial charge in [-0.3, -0.25) is 14.5 Å². The first kappa shape index (κ1) is 43.7. The van der Waals surface area contributed by atoms with Crippen LogP contribution in [0.3, 0.4) is 0 Å². The molecule has 2 aromatic carbocycles. The van der Waals surface area contributed by atoms with Gasteiger partial charge in [-0.15, -0.1) is 0 Å². The minimum atomic E-state index is -2.29. The molecule has 0 aromatic heterocycles. The van der Waals surface area contributed by atoms with Gasteiger partial charge in [-0.1, -0.05) is 110 Å². The molecule has 3 saturated heterocycles. The first-order valence-corrected chi connectivity index (χ1v) is 25.0. The summed E-state index contributed by atoms with van der Waals surface area (Å²) in [6.07, 6.45) is 10.7. The molecule has 0 aliphatic carbocycles. The summed E-state index contributed by atoms with van der Waals surface area (Å²) >= 11 is 0. The number of fused-ring (bicyclic) bond motifs is 1. The zero-order valence-corrected chi connectivity index (χ0v) is 37.3. The highest BCUT2D eigenvalue weighted by Gasteiger charge is 2.48. The molecule has 4 aliphatic heterocycles. The smallest absolute Gasteiger partial charge is 0.261 e. The van der Waals surface area contributed by atoms with Crippen LogP contribution in [-0.4, -0.2) is 74.3 Å². The van der Waals surface area contributed by atoms with E-state index >= 15 is 0 Å². The fourth-order valence-corrected chi connectivity index (χ4v) is 10.8. The van der Waals surface area contributed by atoms with E-state index in [1.54, 1.807) is 12.1 Å². The summed E-state index contributed by atoms with van der Waals surface area (Å²) in [5, 5.41) is -0.0457. The molecule has 0 spiro atoms. The summed E-state index contributed by atoms with van der Waals surface area (Å²) in [4.78, 5) is 28.7. The molecule has 3 unspecified atom stereocenters. The fraction of sp³-hybridized carbons (Fsp3) is 0.633. The SMILES string of the molecule is C=C1C(C[C@@H]2OC(C[C@@H](CN3C(=O)c4ccccc4C3=O)O[Si](C)(C)C(C)(C)C)[C@H](C)C2CCc2ccccc2)O[C@@H](CC[C@@H]2O[C@@H](CCCC)CC2=C)C[C@H]1C. The maximum absolute atomic E-state index is 13.6. The van der Waals surface area contributed by atoms with Crippen LogP contribution in [0.2, 0.25) is 18.1 Å². The lowest BCUT2D eigenvalue weighted by atomic mass is 9.79. The quantitative estimate of drug-likeness (QED) is 0.0901. The molecule has 312 valence electrons. The molecule has 0 saturated carbocycles. The number of amides is 2. The maximum atomic E-state index is 13.6. The van der Waals surface area contributed by atoms with Crippen molar-refractivity contribution in [2.24, 2.45) is 17.8 Å². The number of aryl methyl sites for hydroxylation is 1. The van der Waals surface area contributed by atoms with E-state index in [-0.39, 0.29) is 65.9 Å². The van der Waals surface area contributed by atoms with Crippen LogP contribution in [0.5, 0.6) is 0 Å². The van der Waals surface area contributed by atoms with Gasteiger partial charge in [0.2, 0.25) is 0 Å². The van der Waals surface area contributed by atoms with Crippen molar-refractivity contribution >= 4 is 20.1 Å². The van der Waals surface area contributed by atoms with Crippen LogP contribution in [0.25, 0.3) is 0 Å². The molecule has 0 N–H and O–H groups in total. The van der Waals surface area contributed by atoms with Gasteiger partial charge in [-0.05, 0) is 110 Å². The molecule has 3 fully saturated rings. The summed E-state index contributed by atoms with van der Waals surface area (Å²) in [5.74, 6) is 0.414. The van der Waals surface area contributed by atoms with Crippen molar-refractivity contribution in [1.82, 2.24) is 4.90 Å². The molecule has 0 radical (unpaired) electrons. The molecule has 57 heavy (non-hydrogen) atoms. The zero-order chi connectivity index (χ0) is 41.1. The van der Waals surface area contributed by atoms with Gasteiger partial charge in [0.25, 0.3) is 11.8 Å². The highest BCUT2D eigenvalue weighted by atomic mass is 28.4. The van der Waals surface area contributed by atoms with E-state index < -0.39 is 8.32 Å². The second kappa shape index (κ2) is 18.6. The number of imide groups is 1. The lowest BCUT2D eigenvalue weighted by Crippen LogP contribution is -2.49. The molecule has 7 nitrogen and oxygen atoms in total. The molecule has 4 aliphatic rings. The van der Waals surface area contributed by atoms with E-state index in [0.717, 1.165) is 51.4 Å². The molecule has 8 heteroatoms. The standard InChI is InChI=1S/C49H71NO6Si/c1-11-12-20-37-28-33(3)43(53-37)26-24-38-27-32(2)34(4)45(54-38)30-46-40(25-23-36-18-14-13-15-19-36)35(5)44(55-46)29-39(56-57(9,10)49(6,7)8)31-50-47(51)41-21-16-17-22-42(41)48(50)52/h13-19,21-22,32,35,37-40,43-46H,3-4,11-12,20,23-31H2,1-2,5-10H3/t32-,35-,37+,38+,39+,40?,43+,44?,45?,46+/m1/s1. The minimum absolute atomic E-state index is 0.0218. The Morgan fingerprint density at radius 2 is 1.49 bits per heavy atom. The van der Waals surface area contributed by atoms with E-state index in [1.165, 1.54) is 34.5 Å². The Morgan fingerprint density at radius 3 is 2.14 bits per heavy atom. The van der Waals surface area contributed by atoms with Gasteiger partial charge in [0.05, 0.1) is 60.4 Å². The number of unbranched alkanes of at least 4 members (excludes halogenated alkanes) is 1. The molecule has 6 rings (SSSR count). The normalized spacial score (nSPS) is 30.0. The summed E-state index contributed by atoms with van der Waals surface area (Å²) in [6.45, 7) is 27.2. The molecule has 2 aromatic rings. The Balaban J connectivity index is 1.18. The van der Waals surface area contributed by atoms with Crippen molar-refractivity contribution in [3.05, 3.63) is 95.6 Å². The number of hydrogen-bond acceptors (Lipinski definition) is 6. The minimum Gasteiger partial charge on any atom is -0.412 e. The Bertz CT molecular complexity index is 1680. The first-order valence-electron chi connectivity index (χ1n) is 22.1. The predicted molar refractivity (Wildman–Crippen MR) is 232 cm³/mol. The van der Waals surface area contributed by atoms with Crippen LogP contribution in [0.15, 0.2) is 78.9 Å². The topological polar surface area (TPSA) is 74.3 Å². The Hall–Kier alpha value is -2.88. The fourth-order valence-electron chi connectivity index (χ4n) is 9.47. The number of nitrogens with zero attached hydrogens (tertiary/aromatic N) is 1. The van der Waals surface area contributed by atoms with Crippen molar-refractivity contribution in [2.45, 2.75) is 173 Å². The third-order valence-corrected chi connectivity index (χ3v) is 18.7. The summed E-state index contributed by atoms with van der Waals surface area (Å²) in [7, 11) is -2.29. The van der Waals surface area contributed by atoms with Crippen molar-refractivity contribution in [3.63, 3.8) is 0 Å². The highest BCUT2D eigenvalue weighted by molar-refractivity contribution is 6.74. The third kappa shape index (κ3) is 10.3. The monoisotopic (exact) mass is 798 g/mol. The van der Waals surface area contributed by atoms with Crippen LogP contribution in [0.1, 0.15) is 132 Å². The number of hydrogen-bond donors (Lipinski definition) is 0. The average Bonchev–Trinajstić information content (AvgIpc) is 3.76. The van der Waals surface area contributed by atoms with Crippen molar-refractivity contribution in [1.29, 1.82) is 0 Å². The third-order valence-electron chi connectivity index (χ3n) is 14.1. The van der Waals surface area contributed by atoms with Gasteiger partial charge in [-0.25, -0.2) is 0 Å². The molecule has 2 amide bonds. The summed E-state index contributed by atoms with van der Waals surface area (Å²) < 4.78 is 27.7. The number of benzene rings is 2. The Morgan fingerprint density at radius 1 is 0.842 bits per heavy atom. The van der Waals surface area contributed by atoms with Gasteiger partial charge in [0, 0.05) is 12.8 Å². The number of rotatable bonds is 17. The van der Waals surface area contributed by atoms with E-state index in [0.29, 0.717) is 35.5 Å². The largest absolute Gasteiger partial charge is 0.412 e. The lowest BCUT2D eigenvalue weighted by molar-refractivity contribution is -0.0762. The van der Waals surface area contributed by atoms with E-state index in [1.807, 2.05) is 12.1 Å². The van der Waals surface area contributed by atoms with Crippen molar-refractivity contribution < 1.29 is 28.2 Å². The zero-order valence-electron chi connectivity index (χ0n) is 36.3. The molecule has 0 bridgehead atoms. The van der Waals surface area contributed by atoms with E-state index in [4.69, 9.17) is 18.6 Å². The molecular weight excluding hydrogens is 727 g/mol. The highest BCUT2D eigenvalue weighted by Crippen LogP contribution is 2.45. The van der Waals surface area contributed by atoms with Crippen LogP contribution < -0.4 is 0 Å². The number of carbonyl (C=O) groups excluding carboxylic acids is 2. The van der Waals surface area contributed by atoms with Gasteiger partial charge in [0.15, 0.2) is 8.32 Å². The maximum Gasteiger partial charge on any atom is 0.261 e. The van der Waals surface area contributed by atoms with Crippen molar-refractivity contribution in [3.8, 4) is 0 Å². The first-order chi connectivity index (χ1) is 27.1. The second-order valence-corrected chi connectivity index (χ2v) is 24.0. The Kier molecular flexibility index (Phi) is 14.2. The van der Waals surface area contributed by atoms with Gasteiger partial charge >= 0.3 is 0 Å². The second-order valence-electron chi connectivity index (χ2n) is 19.3. The van der Waals surface area contributed by atoms with Gasteiger partial charge in [-0.2, -0.15) is 0 Å². The number of ether oxygens (including phenoxy) is 3. The van der Waals surface area contributed by atoms with Crippen LogP contribution >= 0.6 is 0 Å². The van der Waals surface area contributed by atoms with E-state index in [9.17, 15) is 9.59 Å². The van der Waals surface area contributed by atoms with Gasteiger partial charge < -0.3 is 18.6 Å². The molecule has 10 atom stereocenters. The van der Waals surface area contributed by atoms with Crippen LogP contribution in [-0.2, 0) is 25.1 Å². The van der Waals surface area contributed by atoms with Crippen LogP contribution in [0, 0.1) is 17.8 Å². The van der Waals surface area contributed by atoms with Crippen molar-refractivity contribution in [2.75, 3.05) is 6.54 Å². The summed E-state index contributed by atoms with van der Waals surface area (Å²) in [5.41, 5.74) is 4.67. The van der Waals surface area contributed by atoms with Gasteiger partial charge in [0.1, 0.15) is 0 Å². The van der Waals surface area contributed by atoms with E-state index in [2.05, 4.69) is 98.1 Å². The number of carbonyl (C=O) groups is 2. The molecule has 4 heterocycles. The molecular formula is C49H71NO6Si. The predicted octanol–water partition coefficient (Wildman–Crippen LogP) is 11.1. The average molecular weight is 798 g/mol. The summed E-state index contributed by atoms with van der Waals surface area (Å²) in [6, 6.07) is 17.9. The lowest BCUT2D eigenvalue weighted by Gasteiger charge is -2.40. The van der Waals surface area contributed by atoms with Crippen LogP contribution in [0.4, 0.5) is 0 Å². The Labute approximate surface area is 345 Å².